The van der Waals surface area contributed by atoms with Gasteiger partial charge in [0.2, 0.25) is 0 Å². The van der Waals surface area contributed by atoms with Crippen LogP contribution in [-0.4, -0.2) is 11.7 Å². The Morgan fingerprint density at radius 2 is 2.10 bits per heavy atom. The molecule has 0 aliphatic carbocycles. The third-order valence-electron chi connectivity index (χ3n) is 2.87. The van der Waals surface area contributed by atoms with Crippen molar-refractivity contribution in [1.29, 1.82) is 0 Å². The maximum atomic E-state index is 8.68. The molecule has 1 aromatic carbocycles. The number of rotatable bonds is 5. The molecule has 0 aliphatic heterocycles. The lowest BCUT2D eigenvalue weighted by Crippen LogP contribution is -1.99. The third-order valence-corrected chi connectivity index (χ3v) is 3.78. The van der Waals surface area contributed by atoms with Crippen LogP contribution in [-0.2, 0) is 11.3 Å². The summed E-state index contributed by atoms with van der Waals surface area (Å²) in [6, 6.07) is 12.2. The Kier molecular flexibility index (Phi) is 5.82. The molecule has 0 fully saturated rings. The molecule has 20 heavy (non-hydrogen) atoms. The van der Waals surface area contributed by atoms with Crippen molar-refractivity contribution in [3.63, 3.8) is 0 Å². The third kappa shape index (κ3) is 4.50. The highest BCUT2D eigenvalue weighted by Crippen LogP contribution is 2.21. The Morgan fingerprint density at radius 1 is 1.30 bits per heavy atom. The summed E-state index contributed by atoms with van der Waals surface area (Å²) >= 11 is 1.65. The van der Waals surface area contributed by atoms with Gasteiger partial charge in [0, 0.05) is 22.2 Å². The molecular formula is C17H18O2S. The lowest BCUT2D eigenvalue weighted by Gasteiger charge is -2.12. The molecule has 0 saturated heterocycles. The number of hydrogen-bond donors (Lipinski definition) is 1. The van der Waals surface area contributed by atoms with Crippen LogP contribution in [0.2, 0.25) is 0 Å². The highest BCUT2D eigenvalue weighted by atomic mass is 32.1. The first-order valence-electron chi connectivity index (χ1n) is 6.63. The van der Waals surface area contributed by atoms with Crippen molar-refractivity contribution in [3.8, 4) is 11.8 Å². The van der Waals surface area contributed by atoms with Crippen LogP contribution in [0, 0.1) is 11.8 Å². The lowest BCUT2D eigenvalue weighted by molar-refractivity contribution is 0.0542. The van der Waals surface area contributed by atoms with E-state index in [-0.39, 0.29) is 12.7 Å². The fourth-order valence-electron chi connectivity index (χ4n) is 1.77. The van der Waals surface area contributed by atoms with Gasteiger partial charge in [-0.25, -0.2) is 0 Å². The molecule has 0 bridgehead atoms. The second-order valence-corrected chi connectivity index (χ2v) is 5.44. The van der Waals surface area contributed by atoms with E-state index >= 15 is 0 Å². The molecular weight excluding hydrogens is 268 g/mol. The van der Waals surface area contributed by atoms with E-state index in [0.717, 1.165) is 5.56 Å². The maximum absolute atomic E-state index is 8.68. The largest absolute Gasteiger partial charge is 0.395 e. The molecule has 1 heterocycles. The number of aliphatic hydroxyl groups excluding tert-OH is 1. The molecule has 0 amide bonds. The van der Waals surface area contributed by atoms with Gasteiger partial charge in [-0.3, -0.25) is 0 Å². The van der Waals surface area contributed by atoms with E-state index in [1.165, 1.54) is 10.4 Å². The Bertz CT molecular complexity index is 578. The van der Waals surface area contributed by atoms with Crippen molar-refractivity contribution in [2.75, 3.05) is 6.61 Å². The molecule has 2 nitrogen and oxygen atoms in total. The second-order valence-electron chi connectivity index (χ2n) is 4.44. The maximum Gasteiger partial charge on any atom is 0.0818 e. The van der Waals surface area contributed by atoms with Gasteiger partial charge in [-0.1, -0.05) is 42.2 Å². The minimum atomic E-state index is 0.0854. The van der Waals surface area contributed by atoms with E-state index in [1.54, 1.807) is 11.3 Å². The van der Waals surface area contributed by atoms with Crippen molar-refractivity contribution in [2.45, 2.75) is 26.1 Å². The summed E-state index contributed by atoms with van der Waals surface area (Å²) in [5.74, 6) is 5.95. The first kappa shape index (κ1) is 14.8. The number of benzene rings is 1. The van der Waals surface area contributed by atoms with Crippen molar-refractivity contribution in [2.24, 2.45) is 0 Å². The summed E-state index contributed by atoms with van der Waals surface area (Å²) in [5.41, 5.74) is 2.18. The molecule has 104 valence electrons. The average Bonchev–Trinajstić information content (AvgIpc) is 2.94. The van der Waals surface area contributed by atoms with Crippen LogP contribution >= 0.6 is 11.3 Å². The van der Waals surface area contributed by atoms with Crippen LogP contribution in [0.3, 0.4) is 0 Å². The van der Waals surface area contributed by atoms with E-state index < -0.39 is 0 Å². The van der Waals surface area contributed by atoms with Gasteiger partial charge < -0.3 is 9.84 Å². The summed E-state index contributed by atoms with van der Waals surface area (Å²) in [4.78, 5) is 1.17. The smallest absolute Gasteiger partial charge is 0.0818 e. The summed E-state index contributed by atoms with van der Waals surface area (Å²) in [5, 5.41) is 10.7. The molecule has 0 aliphatic rings. The van der Waals surface area contributed by atoms with Gasteiger partial charge >= 0.3 is 0 Å². The molecule has 1 atom stereocenters. The quantitative estimate of drug-likeness (QED) is 0.848. The Balaban J connectivity index is 1.87. The SMILES string of the molecule is CC(OCc1cc(C#CCCO)cs1)c1ccccc1. The fourth-order valence-corrected chi connectivity index (χ4v) is 2.51. The molecule has 2 rings (SSSR count). The van der Waals surface area contributed by atoms with Crippen molar-refractivity contribution >= 4 is 11.3 Å². The highest BCUT2D eigenvalue weighted by Gasteiger charge is 2.06. The van der Waals surface area contributed by atoms with Gasteiger partial charge in [0.25, 0.3) is 0 Å². The van der Waals surface area contributed by atoms with Gasteiger partial charge in [-0.2, -0.15) is 0 Å². The van der Waals surface area contributed by atoms with E-state index in [0.29, 0.717) is 13.0 Å². The molecule has 2 aromatic rings. The molecule has 1 unspecified atom stereocenters. The minimum Gasteiger partial charge on any atom is -0.395 e. The van der Waals surface area contributed by atoms with E-state index in [1.807, 2.05) is 29.6 Å². The zero-order chi connectivity index (χ0) is 14.2. The predicted octanol–water partition coefficient (Wildman–Crippen LogP) is 3.76. The molecule has 0 radical (unpaired) electrons. The predicted molar refractivity (Wildman–Crippen MR) is 82.5 cm³/mol. The van der Waals surface area contributed by atoms with Crippen molar-refractivity contribution in [1.82, 2.24) is 0 Å². The Morgan fingerprint density at radius 3 is 2.85 bits per heavy atom. The summed E-state index contributed by atoms with van der Waals surface area (Å²) in [7, 11) is 0. The topological polar surface area (TPSA) is 29.5 Å². The lowest BCUT2D eigenvalue weighted by atomic mass is 10.1. The van der Waals surface area contributed by atoms with Gasteiger partial charge in [-0.15, -0.1) is 11.3 Å². The molecule has 1 N–H and O–H groups in total. The molecule has 0 spiro atoms. The van der Waals surface area contributed by atoms with Gasteiger partial charge in [0.1, 0.15) is 0 Å². The van der Waals surface area contributed by atoms with Gasteiger partial charge in [-0.05, 0) is 18.6 Å². The van der Waals surface area contributed by atoms with E-state index in [9.17, 15) is 0 Å². The number of hydrogen-bond acceptors (Lipinski definition) is 3. The summed E-state index contributed by atoms with van der Waals surface area (Å²) in [6.45, 7) is 2.77. The minimum absolute atomic E-state index is 0.0854. The van der Waals surface area contributed by atoms with Crippen molar-refractivity contribution < 1.29 is 9.84 Å². The summed E-state index contributed by atoms with van der Waals surface area (Å²) in [6.07, 6.45) is 0.606. The molecule has 1 aromatic heterocycles. The van der Waals surface area contributed by atoms with E-state index in [4.69, 9.17) is 9.84 Å². The van der Waals surface area contributed by atoms with Crippen LogP contribution < -0.4 is 0 Å². The van der Waals surface area contributed by atoms with Crippen LogP contribution in [0.5, 0.6) is 0 Å². The van der Waals surface area contributed by atoms with Crippen LogP contribution in [0.15, 0.2) is 41.8 Å². The molecule has 0 saturated carbocycles. The van der Waals surface area contributed by atoms with Crippen LogP contribution in [0.1, 0.15) is 35.5 Å². The fraction of sp³-hybridized carbons (Fsp3) is 0.294. The normalized spacial score (nSPS) is 11.7. The van der Waals surface area contributed by atoms with E-state index in [2.05, 4.69) is 30.9 Å². The zero-order valence-corrected chi connectivity index (χ0v) is 12.3. The highest BCUT2D eigenvalue weighted by molar-refractivity contribution is 7.10. The van der Waals surface area contributed by atoms with Crippen LogP contribution in [0.4, 0.5) is 0 Å². The first-order valence-corrected chi connectivity index (χ1v) is 7.51. The Hall–Kier alpha value is -1.60. The van der Waals surface area contributed by atoms with Crippen molar-refractivity contribution in [3.05, 3.63) is 57.8 Å². The summed E-state index contributed by atoms with van der Waals surface area (Å²) < 4.78 is 5.88. The monoisotopic (exact) mass is 286 g/mol. The first-order chi connectivity index (χ1) is 9.79. The van der Waals surface area contributed by atoms with Gasteiger partial charge in [0.05, 0.1) is 19.3 Å². The zero-order valence-electron chi connectivity index (χ0n) is 11.5. The number of ether oxygens (including phenoxy) is 1. The Labute approximate surface area is 124 Å². The van der Waals surface area contributed by atoms with Gasteiger partial charge in [0.15, 0.2) is 0 Å². The number of thiophene rings is 1. The van der Waals surface area contributed by atoms with Crippen LogP contribution in [0.25, 0.3) is 0 Å². The molecule has 3 heteroatoms. The standard InChI is InChI=1S/C17H18O2S/c1-14(16-8-3-2-4-9-16)19-12-17-11-15(13-20-17)7-5-6-10-18/h2-4,8-9,11,13-14,18H,6,10,12H2,1H3. The second kappa shape index (κ2) is 7.86. The average molecular weight is 286 g/mol. The number of aliphatic hydroxyl groups is 1.